The lowest BCUT2D eigenvalue weighted by molar-refractivity contribution is -0.175. The standard InChI is InChI=1S/C23H27F6N5O3/c1-13(2)18(32-21(37)23(27,28)29)19(35)31-16-11-33(9-6-14(16)5-7-22(24,25)26)20(36)15-4-3-8-34-12-30-10-17(15)34/h3-4,8,10,12-14,16,18H,5-7,9,11H2,1-2H3,(H,31,35)(H,32,37)/t14-,16-,18-/m1/s1. The van der Waals surface area contributed by atoms with Gasteiger partial charge in [0.05, 0.1) is 23.6 Å². The highest BCUT2D eigenvalue weighted by molar-refractivity contribution is 6.00. The molecular formula is C23H27F6N5O3. The van der Waals surface area contributed by atoms with Gasteiger partial charge in [-0.2, -0.15) is 26.3 Å². The number of pyridine rings is 1. The van der Waals surface area contributed by atoms with Crippen LogP contribution in [0.15, 0.2) is 30.9 Å². The van der Waals surface area contributed by atoms with Gasteiger partial charge in [-0.15, -0.1) is 0 Å². The van der Waals surface area contributed by atoms with Crippen molar-refractivity contribution in [1.29, 1.82) is 0 Å². The fourth-order valence-electron chi connectivity index (χ4n) is 4.37. The van der Waals surface area contributed by atoms with E-state index in [-0.39, 0.29) is 25.9 Å². The molecule has 1 aliphatic rings. The molecule has 2 aromatic rings. The summed E-state index contributed by atoms with van der Waals surface area (Å²) in [4.78, 5) is 43.0. The number of rotatable bonds is 7. The fraction of sp³-hybridized carbons (Fsp3) is 0.565. The predicted octanol–water partition coefficient (Wildman–Crippen LogP) is 3.33. The monoisotopic (exact) mass is 535 g/mol. The van der Waals surface area contributed by atoms with Crippen LogP contribution in [0.5, 0.6) is 0 Å². The molecule has 1 fully saturated rings. The van der Waals surface area contributed by atoms with Crippen LogP contribution in [0.2, 0.25) is 0 Å². The normalized spacial score (nSPS) is 19.6. The Labute approximate surface area is 208 Å². The van der Waals surface area contributed by atoms with Gasteiger partial charge in [0.15, 0.2) is 0 Å². The van der Waals surface area contributed by atoms with Gasteiger partial charge >= 0.3 is 18.3 Å². The summed E-state index contributed by atoms with van der Waals surface area (Å²) in [5.41, 5.74) is 0.818. The molecule has 3 amide bonds. The van der Waals surface area contributed by atoms with Crippen molar-refractivity contribution in [3.63, 3.8) is 0 Å². The Morgan fingerprint density at radius 1 is 1.16 bits per heavy atom. The van der Waals surface area contributed by atoms with E-state index in [4.69, 9.17) is 0 Å². The molecule has 14 heteroatoms. The van der Waals surface area contributed by atoms with Gasteiger partial charge in [-0.3, -0.25) is 14.4 Å². The van der Waals surface area contributed by atoms with Crippen LogP contribution in [-0.4, -0.2) is 69.5 Å². The van der Waals surface area contributed by atoms with Crippen LogP contribution in [0.25, 0.3) is 5.52 Å². The summed E-state index contributed by atoms with van der Waals surface area (Å²) in [6.07, 6.45) is -6.31. The number of nitrogens with one attached hydrogen (secondary N) is 2. The van der Waals surface area contributed by atoms with Crippen LogP contribution in [-0.2, 0) is 9.59 Å². The van der Waals surface area contributed by atoms with Gasteiger partial charge in [-0.05, 0) is 36.8 Å². The number of piperidine rings is 1. The van der Waals surface area contributed by atoms with Crippen LogP contribution < -0.4 is 10.6 Å². The van der Waals surface area contributed by atoms with Crippen LogP contribution in [0.4, 0.5) is 26.3 Å². The number of hydrogen-bond acceptors (Lipinski definition) is 4. The first-order valence-electron chi connectivity index (χ1n) is 11.6. The van der Waals surface area contributed by atoms with Crippen molar-refractivity contribution in [2.75, 3.05) is 13.1 Å². The van der Waals surface area contributed by atoms with Gasteiger partial charge in [0.2, 0.25) is 5.91 Å². The first-order chi connectivity index (χ1) is 17.2. The molecule has 3 rings (SSSR count). The van der Waals surface area contributed by atoms with Crippen molar-refractivity contribution in [2.24, 2.45) is 11.8 Å². The van der Waals surface area contributed by atoms with E-state index < -0.39 is 60.4 Å². The SMILES string of the molecule is CC(C)[C@@H](NC(=O)C(F)(F)F)C(=O)N[C@@H]1CN(C(=O)c2cccn3cncc23)CC[C@H]1CCC(F)(F)F. The summed E-state index contributed by atoms with van der Waals surface area (Å²) < 4.78 is 78.7. The topological polar surface area (TPSA) is 95.8 Å². The zero-order valence-corrected chi connectivity index (χ0v) is 20.1. The maximum absolute atomic E-state index is 13.3. The molecule has 2 aromatic heterocycles. The van der Waals surface area contributed by atoms with Crippen LogP contribution in [0.1, 0.15) is 43.5 Å². The van der Waals surface area contributed by atoms with Crippen molar-refractivity contribution >= 4 is 23.2 Å². The average Bonchev–Trinajstić information content (AvgIpc) is 3.28. The van der Waals surface area contributed by atoms with Crippen molar-refractivity contribution in [3.8, 4) is 0 Å². The molecule has 0 saturated carbocycles. The van der Waals surface area contributed by atoms with Gasteiger partial charge in [0.1, 0.15) is 6.04 Å². The highest BCUT2D eigenvalue weighted by atomic mass is 19.4. The first-order valence-corrected chi connectivity index (χ1v) is 11.6. The summed E-state index contributed by atoms with van der Waals surface area (Å²) in [7, 11) is 0. The van der Waals surface area contributed by atoms with Crippen LogP contribution >= 0.6 is 0 Å². The van der Waals surface area contributed by atoms with Gasteiger partial charge < -0.3 is 19.9 Å². The van der Waals surface area contributed by atoms with Crippen LogP contribution in [0, 0.1) is 11.8 Å². The Bertz CT molecular complexity index is 1130. The fourth-order valence-corrected chi connectivity index (χ4v) is 4.37. The third-order valence-electron chi connectivity index (χ3n) is 6.34. The largest absolute Gasteiger partial charge is 0.471 e. The van der Waals surface area contributed by atoms with Crippen molar-refractivity contribution in [3.05, 3.63) is 36.4 Å². The lowest BCUT2D eigenvalue weighted by Crippen LogP contribution is -2.59. The minimum absolute atomic E-state index is 0.126. The number of hydrogen-bond donors (Lipinski definition) is 2. The number of aromatic nitrogens is 2. The van der Waals surface area contributed by atoms with Crippen molar-refractivity contribution in [2.45, 2.75) is 57.5 Å². The lowest BCUT2D eigenvalue weighted by Gasteiger charge is -2.40. The molecule has 1 saturated heterocycles. The second-order valence-electron chi connectivity index (χ2n) is 9.37. The number of carbonyl (C=O) groups excluding carboxylic acids is 3. The van der Waals surface area contributed by atoms with Crippen molar-refractivity contribution < 1.29 is 40.7 Å². The summed E-state index contributed by atoms with van der Waals surface area (Å²) in [6.45, 7) is 2.82. The van der Waals surface area contributed by atoms with Gasteiger partial charge in [-0.25, -0.2) is 4.98 Å². The van der Waals surface area contributed by atoms with E-state index in [0.29, 0.717) is 11.1 Å². The molecule has 2 N–H and O–H groups in total. The molecule has 204 valence electrons. The minimum Gasteiger partial charge on any atom is -0.350 e. The summed E-state index contributed by atoms with van der Waals surface area (Å²) in [5, 5.41) is 4.16. The Balaban J connectivity index is 1.81. The predicted molar refractivity (Wildman–Crippen MR) is 119 cm³/mol. The molecular weight excluding hydrogens is 508 g/mol. The summed E-state index contributed by atoms with van der Waals surface area (Å²) >= 11 is 0. The minimum atomic E-state index is -5.22. The number of imidazole rings is 1. The number of amides is 3. The molecule has 1 aliphatic heterocycles. The molecule has 0 aromatic carbocycles. The third kappa shape index (κ3) is 7.13. The Morgan fingerprint density at radius 3 is 2.49 bits per heavy atom. The Hall–Kier alpha value is -3.32. The number of carbonyl (C=O) groups is 3. The van der Waals surface area contributed by atoms with Crippen LogP contribution in [0.3, 0.4) is 0 Å². The quantitative estimate of drug-likeness (QED) is 0.532. The maximum atomic E-state index is 13.3. The van der Waals surface area contributed by atoms with E-state index in [0.717, 1.165) is 0 Å². The lowest BCUT2D eigenvalue weighted by atomic mass is 9.86. The highest BCUT2D eigenvalue weighted by Gasteiger charge is 2.42. The number of alkyl halides is 6. The van der Waals surface area contributed by atoms with E-state index in [1.54, 1.807) is 28.0 Å². The highest BCUT2D eigenvalue weighted by Crippen LogP contribution is 2.30. The molecule has 0 aliphatic carbocycles. The first kappa shape index (κ1) is 28.3. The molecule has 0 spiro atoms. The number of halogens is 6. The van der Waals surface area contributed by atoms with Gasteiger partial charge in [0, 0.05) is 31.7 Å². The number of nitrogens with zero attached hydrogens (tertiary/aromatic N) is 3. The third-order valence-corrected chi connectivity index (χ3v) is 6.34. The Kier molecular flexibility index (Phi) is 8.38. The van der Waals surface area contributed by atoms with E-state index in [2.05, 4.69) is 10.3 Å². The van der Waals surface area contributed by atoms with E-state index in [9.17, 15) is 40.7 Å². The molecule has 8 nitrogen and oxygen atoms in total. The Morgan fingerprint density at radius 2 is 1.86 bits per heavy atom. The molecule has 37 heavy (non-hydrogen) atoms. The molecule has 3 heterocycles. The second kappa shape index (κ2) is 11.0. The van der Waals surface area contributed by atoms with E-state index >= 15 is 0 Å². The van der Waals surface area contributed by atoms with Gasteiger partial charge in [-0.1, -0.05) is 13.8 Å². The zero-order valence-electron chi connectivity index (χ0n) is 20.1. The smallest absolute Gasteiger partial charge is 0.350 e. The second-order valence-corrected chi connectivity index (χ2v) is 9.37. The van der Waals surface area contributed by atoms with E-state index in [1.165, 1.54) is 31.3 Å². The molecule has 0 bridgehead atoms. The molecule has 0 radical (unpaired) electrons. The molecule has 3 atom stereocenters. The number of fused-ring (bicyclic) bond motifs is 1. The van der Waals surface area contributed by atoms with E-state index in [1.807, 2.05) is 0 Å². The molecule has 0 unspecified atom stereocenters. The maximum Gasteiger partial charge on any atom is 0.471 e. The number of likely N-dealkylation sites (tertiary alicyclic amines) is 1. The average molecular weight is 535 g/mol. The summed E-state index contributed by atoms with van der Waals surface area (Å²) in [6, 6.07) is 0.656. The van der Waals surface area contributed by atoms with Crippen molar-refractivity contribution in [1.82, 2.24) is 24.9 Å². The summed E-state index contributed by atoms with van der Waals surface area (Å²) in [5.74, 6) is -5.14. The zero-order chi connectivity index (χ0) is 27.5. The van der Waals surface area contributed by atoms with Gasteiger partial charge in [0.25, 0.3) is 5.91 Å².